The molecule has 0 aliphatic rings. The van der Waals surface area contributed by atoms with E-state index in [0.717, 1.165) is 14.8 Å². The van der Waals surface area contributed by atoms with Crippen molar-refractivity contribution in [3.8, 4) is 0 Å². The minimum absolute atomic E-state index is 0.0106. The van der Waals surface area contributed by atoms with Crippen LogP contribution in [0.5, 0.6) is 0 Å². The van der Waals surface area contributed by atoms with Crippen LogP contribution in [0.3, 0.4) is 0 Å². The van der Waals surface area contributed by atoms with Crippen molar-refractivity contribution in [3.05, 3.63) is 43.6 Å². The van der Waals surface area contributed by atoms with Gasteiger partial charge in [-0.2, -0.15) is 0 Å². The molecule has 0 atom stereocenters. The third-order valence-corrected chi connectivity index (χ3v) is 3.38. The molecule has 0 unspecified atom stereocenters. The van der Waals surface area contributed by atoms with Gasteiger partial charge in [0.15, 0.2) is 0 Å². The molecule has 5 nitrogen and oxygen atoms in total. The molecule has 0 radical (unpaired) electrons. The van der Waals surface area contributed by atoms with E-state index in [2.05, 4.69) is 32.9 Å². The summed E-state index contributed by atoms with van der Waals surface area (Å²) in [5.41, 5.74) is 1.77. The van der Waals surface area contributed by atoms with E-state index in [-0.39, 0.29) is 5.56 Å². The first-order valence-corrected chi connectivity index (χ1v) is 5.86. The maximum absolute atomic E-state index is 11.7. The topological polar surface area (TPSA) is 52.7 Å². The number of aryl methyl sites for hydroxylation is 2. The molecular weight excluding hydrogens is 319 g/mol. The Kier molecular flexibility index (Phi) is 3.08. The predicted molar refractivity (Wildman–Crippen MR) is 68.3 cm³/mol. The zero-order valence-electron chi connectivity index (χ0n) is 9.01. The largest absolute Gasteiger partial charge is 0.308 e. The van der Waals surface area contributed by atoms with Crippen molar-refractivity contribution in [3.63, 3.8) is 0 Å². The van der Waals surface area contributed by atoms with Gasteiger partial charge in [-0.05, 0) is 35.1 Å². The molecule has 0 saturated heterocycles. The number of hydrogen-bond donors (Lipinski definition) is 0. The van der Waals surface area contributed by atoms with Crippen LogP contribution in [0.2, 0.25) is 0 Å². The van der Waals surface area contributed by atoms with Crippen molar-refractivity contribution >= 4 is 22.6 Å². The number of pyridine rings is 1. The highest BCUT2D eigenvalue weighted by molar-refractivity contribution is 14.1. The number of rotatable bonds is 2. The highest BCUT2D eigenvalue weighted by atomic mass is 127. The molecule has 0 N–H and O–H groups in total. The molecule has 0 aromatic carbocycles. The van der Waals surface area contributed by atoms with Gasteiger partial charge in [-0.25, -0.2) is 0 Å². The van der Waals surface area contributed by atoms with Crippen LogP contribution in [0, 0.1) is 10.5 Å². The molecule has 16 heavy (non-hydrogen) atoms. The first kappa shape index (κ1) is 11.3. The first-order valence-electron chi connectivity index (χ1n) is 4.78. The summed E-state index contributed by atoms with van der Waals surface area (Å²) in [4.78, 5) is 11.7. The summed E-state index contributed by atoms with van der Waals surface area (Å²) in [6.07, 6.45) is 3.64. The van der Waals surface area contributed by atoms with Gasteiger partial charge in [0, 0.05) is 29.1 Å². The second kappa shape index (κ2) is 4.36. The van der Waals surface area contributed by atoms with Gasteiger partial charge in [0.1, 0.15) is 5.69 Å². The standard InChI is InChI=1S/C10H11IN4O/c1-7-3-10(16)15(6-9(7)11)5-8-4-14(2)13-12-8/h3-4,6H,5H2,1-2H3. The van der Waals surface area contributed by atoms with Crippen LogP contribution in [0.4, 0.5) is 0 Å². The van der Waals surface area contributed by atoms with Crippen LogP contribution in [-0.2, 0) is 13.6 Å². The van der Waals surface area contributed by atoms with E-state index in [4.69, 9.17) is 0 Å². The molecule has 0 spiro atoms. The molecule has 2 aromatic rings. The second-order valence-corrected chi connectivity index (χ2v) is 4.82. The van der Waals surface area contributed by atoms with Gasteiger partial charge in [-0.3, -0.25) is 9.48 Å². The van der Waals surface area contributed by atoms with Crippen LogP contribution in [-0.4, -0.2) is 19.6 Å². The number of aromatic nitrogens is 4. The number of hydrogen-bond acceptors (Lipinski definition) is 3. The molecule has 6 heteroatoms. The lowest BCUT2D eigenvalue weighted by Crippen LogP contribution is -2.20. The fraction of sp³-hybridized carbons (Fsp3) is 0.300. The van der Waals surface area contributed by atoms with E-state index in [1.807, 2.05) is 13.1 Å². The second-order valence-electron chi connectivity index (χ2n) is 3.65. The molecule has 0 bridgehead atoms. The smallest absolute Gasteiger partial charge is 0.251 e. The Morgan fingerprint density at radius 1 is 1.44 bits per heavy atom. The highest BCUT2D eigenvalue weighted by Crippen LogP contribution is 2.08. The maximum atomic E-state index is 11.7. The molecule has 0 aliphatic carbocycles. The molecule has 2 aromatic heterocycles. The molecule has 2 heterocycles. The van der Waals surface area contributed by atoms with Crippen molar-refractivity contribution in [1.29, 1.82) is 0 Å². The summed E-state index contributed by atoms with van der Waals surface area (Å²) in [5.74, 6) is 0. The van der Waals surface area contributed by atoms with Crippen LogP contribution < -0.4 is 5.56 Å². The van der Waals surface area contributed by atoms with E-state index in [0.29, 0.717) is 6.54 Å². The van der Waals surface area contributed by atoms with E-state index in [1.54, 1.807) is 28.6 Å². The minimum atomic E-state index is -0.0106. The lowest BCUT2D eigenvalue weighted by Gasteiger charge is -2.05. The van der Waals surface area contributed by atoms with Crippen molar-refractivity contribution in [2.45, 2.75) is 13.5 Å². The zero-order valence-corrected chi connectivity index (χ0v) is 11.2. The Labute approximate surface area is 106 Å². The summed E-state index contributed by atoms with van der Waals surface area (Å²) in [6.45, 7) is 2.39. The van der Waals surface area contributed by atoms with E-state index >= 15 is 0 Å². The number of halogens is 1. The fourth-order valence-electron chi connectivity index (χ4n) is 1.41. The Morgan fingerprint density at radius 3 is 2.81 bits per heavy atom. The Hall–Kier alpha value is -1.18. The van der Waals surface area contributed by atoms with Crippen molar-refractivity contribution in [2.75, 3.05) is 0 Å². The lowest BCUT2D eigenvalue weighted by molar-refractivity contribution is 0.704. The third-order valence-electron chi connectivity index (χ3n) is 2.25. The minimum Gasteiger partial charge on any atom is -0.308 e. The van der Waals surface area contributed by atoms with E-state index in [1.165, 1.54) is 0 Å². The van der Waals surface area contributed by atoms with Gasteiger partial charge >= 0.3 is 0 Å². The maximum Gasteiger partial charge on any atom is 0.251 e. The SMILES string of the molecule is Cc1cc(=O)n(Cc2cn(C)nn2)cc1I. The van der Waals surface area contributed by atoms with Crippen molar-refractivity contribution in [2.24, 2.45) is 7.05 Å². The van der Waals surface area contributed by atoms with Gasteiger partial charge in [-0.15, -0.1) is 5.10 Å². The van der Waals surface area contributed by atoms with E-state index < -0.39 is 0 Å². The van der Waals surface area contributed by atoms with Crippen LogP contribution >= 0.6 is 22.6 Å². The summed E-state index contributed by atoms with van der Waals surface area (Å²) in [6, 6.07) is 1.64. The molecule has 0 amide bonds. The van der Waals surface area contributed by atoms with Crippen molar-refractivity contribution in [1.82, 2.24) is 19.6 Å². The van der Waals surface area contributed by atoms with Gasteiger partial charge in [0.25, 0.3) is 5.56 Å². The lowest BCUT2D eigenvalue weighted by atomic mass is 10.3. The van der Waals surface area contributed by atoms with Crippen LogP contribution in [0.25, 0.3) is 0 Å². The Morgan fingerprint density at radius 2 is 2.19 bits per heavy atom. The Balaban J connectivity index is 2.35. The molecule has 0 aliphatic heterocycles. The van der Waals surface area contributed by atoms with Crippen LogP contribution in [0.15, 0.2) is 23.3 Å². The monoisotopic (exact) mass is 330 g/mol. The average molecular weight is 330 g/mol. The molecule has 2 rings (SSSR count). The summed E-state index contributed by atoms with van der Waals surface area (Å²) >= 11 is 2.21. The highest BCUT2D eigenvalue weighted by Gasteiger charge is 2.04. The first-order chi connectivity index (χ1) is 7.56. The summed E-state index contributed by atoms with van der Waals surface area (Å²) in [5, 5.41) is 7.79. The van der Waals surface area contributed by atoms with Gasteiger partial charge < -0.3 is 4.57 Å². The molecule has 84 valence electrons. The molecule has 0 saturated carbocycles. The van der Waals surface area contributed by atoms with E-state index in [9.17, 15) is 4.79 Å². The Bertz CT molecular complexity index is 572. The van der Waals surface area contributed by atoms with Gasteiger partial charge in [0.2, 0.25) is 0 Å². The third kappa shape index (κ3) is 2.31. The number of nitrogens with zero attached hydrogens (tertiary/aromatic N) is 4. The average Bonchev–Trinajstić information content (AvgIpc) is 2.60. The zero-order chi connectivity index (χ0) is 11.7. The predicted octanol–water partition coefficient (Wildman–Crippen LogP) is 0.938. The fourth-order valence-corrected chi connectivity index (χ4v) is 1.90. The summed E-state index contributed by atoms with van der Waals surface area (Å²) < 4.78 is 4.33. The summed E-state index contributed by atoms with van der Waals surface area (Å²) in [7, 11) is 1.80. The molecule has 0 fully saturated rings. The van der Waals surface area contributed by atoms with Crippen LogP contribution in [0.1, 0.15) is 11.3 Å². The van der Waals surface area contributed by atoms with Gasteiger partial charge in [-0.1, -0.05) is 5.21 Å². The quantitative estimate of drug-likeness (QED) is 0.770. The van der Waals surface area contributed by atoms with Crippen molar-refractivity contribution < 1.29 is 0 Å². The van der Waals surface area contributed by atoms with Gasteiger partial charge in [0.05, 0.1) is 6.54 Å². The molecular formula is C10H11IN4O. The normalized spacial score (nSPS) is 10.7.